The Morgan fingerprint density at radius 2 is 2.40 bits per heavy atom. The molecule has 0 aliphatic carbocycles. The molecule has 0 aromatic carbocycles. The first kappa shape index (κ1) is 15.1. The highest BCUT2D eigenvalue weighted by atomic mass is 32.1. The van der Waals surface area contributed by atoms with Gasteiger partial charge in [0.05, 0.1) is 0 Å². The van der Waals surface area contributed by atoms with E-state index in [0.717, 1.165) is 37.6 Å². The average molecular weight is 298 g/mol. The van der Waals surface area contributed by atoms with Gasteiger partial charge >= 0.3 is 0 Å². The molecule has 1 aliphatic rings. The highest BCUT2D eigenvalue weighted by molar-refractivity contribution is 7.11. The smallest absolute Gasteiger partial charge is 0.258 e. The second-order valence-corrected chi connectivity index (χ2v) is 6.12. The van der Waals surface area contributed by atoms with E-state index in [1.54, 1.807) is 0 Å². The van der Waals surface area contributed by atoms with Crippen LogP contribution >= 0.6 is 11.5 Å². The lowest BCUT2D eigenvalue weighted by molar-refractivity contribution is 0.0945. The van der Waals surface area contributed by atoms with Crippen molar-refractivity contribution >= 4 is 28.3 Å². The highest BCUT2D eigenvalue weighted by Crippen LogP contribution is 2.27. The van der Waals surface area contributed by atoms with Crippen molar-refractivity contribution in [3.8, 4) is 0 Å². The van der Waals surface area contributed by atoms with Gasteiger partial charge in [-0.2, -0.15) is 4.37 Å². The van der Waals surface area contributed by atoms with Crippen molar-refractivity contribution in [2.45, 2.75) is 32.7 Å². The molecule has 1 unspecified atom stereocenters. The van der Waals surface area contributed by atoms with Crippen LogP contribution in [0.4, 0.5) is 10.8 Å². The number of carbonyl (C=O) groups excluding carboxylic acids is 1. The molecule has 1 aliphatic heterocycles. The van der Waals surface area contributed by atoms with Crippen LogP contribution in [-0.4, -0.2) is 36.1 Å². The van der Waals surface area contributed by atoms with Gasteiger partial charge in [-0.3, -0.25) is 4.79 Å². The van der Waals surface area contributed by atoms with E-state index in [2.05, 4.69) is 15.0 Å². The van der Waals surface area contributed by atoms with Crippen LogP contribution < -0.4 is 16.4 Å². The lowest BCUT2D eigenvalue weighted by Crippen LogP contribution is -2.31. The Bertz CT molecular complexity index is 455. The quantitative estimate of drug-likeness (QED) is 0.744. The summed E-state index contributed by atoms with van der Waals surface area (Å²) < 4.78 is 9.41. The zero-order valence-electron chi connectivity index (χ0n) is 11.9. The number of hydrogen-bond donors (Lipinski definition) is 3. The van der Waals surface area contributed by atoms with E-state index in [0.29, 0.717) is 17.3 Å². The molecule has 1 aromatic rings. The average Bonchev–Trinajstić information content (AvgIpc) is 2.98. The third kappa shape index (κ3) is 3.83. The first-order valence-electron chi connectivity index (χ1n) is 6.95. The number of hydrogen-bond acceptors (Lipinski definition) is 6. The van der Waals surface area contributed by atoms with Gasteiger partial charge in [0, 0.05) is 25.8 Å². The molecule has 2 rings (SSSR count). The molecule has 112 valence electrons. The van der Waals surface area contributed by atoms with Crippen molar-refractivity contribution in [2.75, 3.05) is 30.8 Å². The third-order valence-electron chi connectivity index (χ3n) is 3.23. The molecule has 6 nitrogen and oxygen atoms in total. The summed E-state index contributed by atoms with van der Waals surface area (Å²) >= 11 is 1.24. The van der Waals surface area contributed by atoms with Gasteiger partial charge in [-0.1, -0.05) is 0 Å². The fraction of sp³-hybridized carbons (Fsp3) is 0.692. The Hall–Kier alpha value is -1.34. The standard InChI is InChI=1S/C13H22N4O2S/c1-8(2)16-12(18)10-11(14)17-20-13(10)15-5-3-9-4-6-19-7-9/h8-9,15H,3-7H2,1-2H3,(H2,14,17)(H,16,18). The van der Waals surface area contributed by atoms with Gasteiger partial charge in [0.2, 0.25) is 0 Å². The molecule has 1 saturated heterocycles. The summed E-state index contributed by atoms with van der Waals surface area (Å²) in [6.07, 6.45) is 2.15. The maximum atomic E-state index is 12.1. The lowest BCUT2D eigenvalue weighted by Gasteiger charge is -2.11. The zero-order valence-corrected chi connectivity index (χ0v) is 12.8. The normalized spacial score (nSPS) is 18.4. The monoisotopic (exact) mass is 298 g/mol. The summed E-state index contributed by atoms with van der Waals surface area (Å²) in [5, 5.41) is 6.87. The summed E-state index contributed by atoms with van der Waals surface area (Å²) in [5.41, 5.74) is 6.25. The topological polar surface area (TPSA) is 89.3 Å². The van der Waals surface area contributed by atoms with Crippen molar-refractivity contribution in [3.63, 3.8) is 0 Å². The molecule has 2 heterocycles. The minimum absolute atomic E-state index is 0.0743. The van der Waals surface area contributed by atoms with E-state index in [1.165, 1.54) is 11.5 Å². The summed E-state index contributed by atoms with van der Waals surface area (Å²) in [6.45, 7) is 6.34. The number of carbonyl (C=O) groups is 1. The Balaban J connectivity index is 1.92. The fourth-order valence-corrected chi connectivity index (χ4v) is 2.91. The van der Waals surface area contributed by atoms with E-state index in [1.807, 2.05) is 13.8 Å². The molecule has 0 radical (unpaired) electrons. The largest absolute Gasteiger partial charge is 0.382 e. The Morgan fingerprint density at radius 3 is 3.05 bits per heavy atom. The van der Waals surface area contributed by atoms with Crippen LogP contribution in [0.1, 0.15) is 37.0 Å². The third-order valence-corrected chi connectivity index (χ3v) is 4.05. The molecule has 7 heteroatoms. The molecule has 0 spiro atoms. The molecule has 1 atom stereocenters. The SMILES string of the molecule is CC(C)NC(=O)c1c(N)nsc1NCCC1CCOC1. The van der Waals surface area contributed by atoms with E-state index < -0.39 is 0 Å². The van der Waals surface area contributed by atoms with E-state index in [-0.39, 0.29) is 11.9 Å². The maximum absolute atomic E-state index is 12.1. The number of ether oxygens (including phenoxy) is 1. The number of anilines is 2. The predicted molar refractivity (Wildman–Crippen MR) is 81.2 cm³/mol. The highest BCUT2D eigenvalue weighted by Gasteiger charge is 2.20. The number of amides is 1. The van der Waals surface area contributed by atoms with Gasteiger partial charge in [0.1, 0.15) is 10.6 Å². The number of nitrogens with zero attached hydrogens (tertiary/aromatic N) is 1. The molecule has 0 bridgehead atoms. The van der Waals surface area contributed by atoms with Crippen molar-refractivity contribution < 1.29 is 9.53 Å². The summed E-state index contributed by atoms with van der Waals surface area (Å²) in [6, 6.07) is 0.0743. The van der Waals surface area contributed by atoms with Gasteiger partial charge in [0.25, 0.3) is 5.91 Å². The molecule has 4 N–H and O–H groups in total. The minimum atomic E-state index is -0.169. The minimum Gasteiger partial charge on any atom is -0.382 e. The molecular formula is C13H22N4O2S. The van der Waals surface area contributed by atoms with Crippen LogP contribution in [0.2, 0.25) is 0 Å². The van der Waals surface area contributed by atoms with Gasteiger partial charge in [-0.15, -0.1) is 0 Å². The number of aromatic nitrogens is 1. The van der Waals surface area contributed by atoms with Gasteiger partial charge < -0.3 is 21.1 Å². The second kappa shape index (κ2) is 6.90. The van der Waals surface area contributed by atoms with Crippen LogP contribution in [0.25, 0.3) is 0 Å². The number of nitrogen functional groups attached to an aromatic ring is 1. The van der Waals surface area contributed by atoms with Crippen LogP contribution in [0.3, 0.4) is 0 Å². The number of rotatable bonds is 6. The molecular weight excluding hydrogens is 276 g/mol. The van der Waals surface area contributed by atoms with Crippen molar-refractivity contribution in [1.82, 2.24) is 9.69 Å². The van der Waals surface area contributed by atoms with Crippen molar-refractivity contribution in [2.24, 2.45) is 5.92 Å². The van der Waals surface area contributed by atoms with Crippen molar-refractivity contribution in [3.05, 3.63) is 5.56 Å². The first-order valence-corrected chi connectivity index (χ1v) is 7.73. The molecule has 1 amide bonds. The van der Waals surface area contributed by atoms with Crippen molar-refractivity contribution in [1.29, 1.82) is 0 Å². The van der Waals surface area contributed by atoms with Crippen LogP contribution in [0, 0.1) is 5.92 Å². The zero-order chi connectivity index (χ0) is 14.5. The summed E-state index contributed by atoms with van der Waals surface area (Å²) in [4.78, 5) is 12.1. The van der Waals surface area contributed by atoms with Gasteiger partial charge in [-0.25, -0.2) is 0 Å². The summed E-state index contributed by atoms with van der Waals surface area (Å²) in [5.74, 6) is 0.735. The summed E-state index contributed by atoms with van der Waals surface area (Å²) in [7, 11) is 0. The molecule has 0 saturated carbocycles. The Kier molecular flexibility index (Phi) is 5.19. The predicted octanol–water partition coefficient (Wildman–Crippen LogP) is 1.70. The number of nitrogens with two attached hydrogens (primary N) is 1. The Labute approximate surface area is 123 Å². The van der Waals surface area contributed by atoms with Crippen LogP contribution in [0.15, 0.2) is 0 Å². The van der Waals surface area contributed by atoms with E-state index in [4.69, 9.17) is 10.5 Å². The first-order chi connectivity index (χ1) is 9.58. The number of nitrogens with one attached hydrogen (secondary N) is 2. The van der Waals surface area contributed by atoms with Gasteiger partial charge in [0.15, 0.2) is 5.82 Å². The lowest BCUT2D eigenvalue weighted by atomic mass is 10.1. The molecule has 1 fully saturated rings. The fourth-order valence-electron chi connectivity index (χ4n) is 2.18. The second-order valence-electron chi connectivity index (χ2n) is 5.35. The van der Waals surface area contributed by atoms with Crippen LogP contribution in [0.5, 0.6) is 0 Å². The van der Waals surface area contributed by atoms with E-state index in [9.17, 15) is 4.79 Å². The Morgan fingerprint density at radius 1 is 1.60 bits per heavy atom. The molecule has 1 aromatic heterocycles. The maximum Gasteiger partial charge on any atom is 0.258 e. The van der Waals surface area contributed by atoms with Gasteiger partial charge in [-0.05, 0) is 44.1 Å². The van der Waals surface area contributed by atoms with Crippen LogP contribution in [-0.2, 0) is 4.74 Å². The molecule has 20 heavy (non-hydrogen) atoms. The van der Waals surface area contributed by atoms with E-state index >= 15 is 0 Å².